The molecule has 10 heteroatoms. The van der Waals surface area contributed by atoms with Gasteiger partial charge in [-0.15, -0.1) is 0 Å². The number of nitrogens with zero attached hydrogens (tertiary/aromatic N) is 6. The molecule has 0 bridgehead atoms. The molecule has 1 aliphatic rings. The Bertz CT molecular complexity index is 1440. The van der Waals surface area contributed by atoms with Crippen molar-refractivity contribution in [3.05, 3.63) is 59.2 Å². The summed E-state index contributed by atoms with van der Waals surface area (Å²) >= 11 is 0. The Balaban J connectivity index is 1.48. The molecule has 0 atom stereocenters. The number of nitrogens with one attached hydrogen (secondary N) is 1. The van der Waals surface area contributed by atoms with Crippen molar-refractivity contribution >= 4 is 22.8 Å². The van der Waals surface area contributed by atoms with Crippen LogP contribution in [0, 0.1) is 18.6 Å². The molecule has 0 radical (unpaired) electrons. The van der Waals surface area contributed by atoms with E-state index in [9.17, 15) is 4.39 Å². The van der Waals surface area contributed by atoms with Gasteiger partial charge in [0.2, 0.25) is 5.95 Å². The fourth-order valence-corrected chi connectivity index (χ4v) is 4.90. The first-order valence-electron chi connectivity index (χ1n) is 12.0. The SMILES string of the molecule is Cc1nc2c(F)cc(-c3nc(Nc4ccc5c(n4)CCN(CCN)C5)ncc3F)cc2n1C(C)(C)C. The number of rotatable bonds is 5. The number of aryl methyl sites for hydroxylation is 1. The van der Waals surface area contributed by atoms with Crippen molar-refractivity contribution in [1.82, 2.24) is 29.4 Å². The number of nitrogens with two attached hydrogens (primary N) is 1. The van der Waals surface area contributed by atoms with Crippen LogP contribution in [0.5, 0.6) is 0 Å². The quantitative estimate of drug-likeness (QED) is 0.429. The summed E-state index contributed by atoms with van der Waals surface area (Å²) in [6, 6.07) is 6.87. The normalized spacial score (nSPS) is 14.3. The summed E-state index contributed by atoms with van der Waals surface area (Å²) in [4.78, 5) is 19.9. The first-order valence-corrected chi connectivity index (χ1v) is 12.0. The summed E-state index contributed by atoms with van der Waals surface area (Å²) in [6.45, 7) is 11.1. The first kappa shape index (κ1) is 24.2. The maximum absolute atomic E-state index is 15.1. The van der Waals surface area contributed by atoms with Crippen molar-refractivity contribution in [2.45, 2.75) is 46.2 Å². The third-order valence-corrected chi connectivity index (χ3v) is 6.38. The van der Waals surface area contributed by atoms with Crippen LogP contribution in [0.2, 0.25) is 0 Å². The molecular formula is C26H30F2N8. The van der Waals surface area contributed by atoms with Gasteiger partial charge in [0.1, 0.15) is 22.9 Å². The van der Waals surface area contributed by atoms with E-state index < -0.39 is 11.6 Å². The number of hydrogen-bond donors (Lipinski definition) is 2. The third-order valence-electron chi connectivity index (χ3n) is 6.38. The van der Waals surface area contributed by atoms with Crippen molar-refractivity contribution in [3.63, 3.8) is 0 Å². The van der Waals surface area contributed by atoms with Gasteiger partial charge in [-0.2, -0.15) is 0 Å². The average molecular weight is 493 g/mol. The van der Waals surface area contributed by atoms with E-state index in [1.54, 1.807) is 6.07 Å². The number of fused-ring (bicyclic) bond motifs is 2. The predicted molar refractivity (Wildman–Crippen MR) is 136 cm³/mol. The topological polar surface area (TPSA) is 97.8 Å². The van der Waals surface area contributed by atoms with Crippen LogP contribution in [0.25, 0.3) is 22.3 Å². The maximum Gasteiger partial charge on any atom is 0.229 e. The van der Waals surface area contributed by atoms with Gasteiger partial charge in [-0.05, 0) is 51.5 Å². The summed E-state index contributed by atoms with van der Waals surface area (Å²) in [5.74, 6) is 0.267. The van der Waals surface area contributed by atoms with Crippen LogP contribution < -0.4 is 11.1 Å². The van der Waals surface area contributed by atoms with Crippen LogP contribution in [0.3, 0.4) is 0 Å². The highest BCUT2D eigenvalue weighted by molar-refractivity contribution is 5.83. The number of anilines is 2. The van der Waals surface area contributed by atoms with Crippen molar-refractivity contribution in [1.29, 1.82) is 0 Å². The molecular weight excluding hydrogens is 462 g/mol. The standard InChI is InChI=1S/C26H30F2N8/c1-15-31-24-18(27)11-17(12-21(24)36(15)26(2,3)4)23-19(28)13-30-25(34-23)33-22-6-5-16-14-35(10-8-29)9-7-20(16)32-22/h5-6,11-13H,7-10,14,29H2,1-4H3,(H,30,32,33,34). The highest BCUT2D eigenvalue weighted by Gasteiger charge is 2.23. The lowest BCUT2D eigenvalue weighted by atomic mass is 10.1. The minimum Gasteiger partial charge on any atom is -0.329 e. The lowest BCUT2D eigenvalue weighted by molar-refractivity contribution is 0.259. The Morgan fingerprint density at radius 2 is 1.89 bits per heavy atom. The van der Waals surface area contributed by atoms with Gasteiger partial charge in [-0.1, -0.05) is 6.07 Å². The number of benzene rings is 1. The monoisotopic (exact) mass is 492 g/mol. The molecule has 4 aromatic rings. The number of pyridine rings is 1. The summed E-state index contributed by atoms with van der Waals surface area (Å²) in [6.07, 6.45) is 1.91. The predicted octanol–water partition coefficient (Wildman–Crippen LogP) is 4.29. The molecule has 188 valence electrons. The highest BCUT2D eigenvalue weighted by atomic mass is 19.1. The molecule has 0 spiro atoms. The van der Waals surface area contributed by atoms with E-state index in [0.29, 0.717) is 29.3 Å². The van der Waals surface area contributed by atoms with E-state index in [-0.39, 0.29) is 22.7 Å². The molecule has 3 aromatic heterocycles. The molecule has 0 aliphatic carbocycles. The fraction of sp³-hybridized carbons (Fsp3) is 0.385. The van der Waals surface area contributed by atoms with Gasteiger partial charge < -0.3 is 15.6 Å². The van der Waals surface area contributed by atoms with Crippen molar-refractivity contribution in [2.75, 3.05) is 25.0 Å². The molecule has 0 fully saturated rings. The molecule has 8 nitrogen and oxygen atoms in total. The van der Waals surface area contributed by atoms with Gasteiger partial charge >= 0.3 is 0 Å². The zero-order valence-corrected chi connectivity index (χ0v) is 20.9. The van der Waals surface area contributed by atoms with Crippen LogP contribution in [-0.4, -0.2) is 49.0 Å². The minimum atomic E-state index is -0.642. The molecule has 4 heterocycles. The van der Waals surface area contributed by atoms with Gasteiger partial charge in [-0.3, -0.25) is 4.90 Å². The van der Waals surface area contributed by atoms with Gasteiger partial charge in [0, 0.05) is 49.4 Å². The Morgan fingerprint density at radius 1 is 1.08 bits per heavy atom. The van der Waals surface area contributed by atoms with E-state index in [1.165, 1.54) is 6.07 Å². The lowest BCUT2D eigenvalue weighted by Crippen LogP contribution is -2.34. The second-order valence-electron chi connectivity index (χ2n) is 10.1. The molecule has 1 aromatic carbocycles. The average Bonchev–Trinajstić information content (AvgIpc) is 3.17. The Kier molecular flexibility index (Phi) is 6.17. The molecule has 36 heavy (non-hydrogen) atoms. The minimum absolute atomic E-state index is 0.00278. The number of imidazole rings is 1. The van der Waals surface area contributed by atoms with E-state index in [2.05, 4.69) is 25.2 Å². The molecule has 3 N–H and O–H groups in total. The van der Waals surface area contributed by atoms with Crippen LogP contribution in [0.1, 0.15) is 37.9 Å². The Hall–Kier alpha value is -3.50. The molecule has 1 aliphatic heterocycles. The summed E-state index contributed by atoms with van der Waals surface area (Å²) < 4.78 is 31.9. The molecule has 0 saturated heterocycles. The number of aromatic nitrogens is 5. The smallest absolute Gasteiger partial charge is 0.229 e. The van der Waals surface area contributed by atoms with E-state index in [1.807, 2.05) is 44.4 Å². The van der Waals surface area contributed by atoms with E-state index in [0.717, 1.165) is 43.5 Å². The van der Waals surface area contributed by atoms with Crippen LogP contribution in [-0.2, 0) is 18.5 Å². The summed E-state index contributed by atoms with van der Waals surface area (Å²) in [7, 11) is 0. The first-order chi connectivity index (χ1) is 17.1. The Morgan fingerprint density at radius 3 is 2.64 bits per heavy atom. The highest BCUT2D eigenvalue weighted by Crippen LogP contribution is 2.32. The zero-order chi connectivity index (χ0) is 25.6. The Labute approximate surface area is 208 Å². The van der Waals surface area contributed by atoms with Gasteiger partial charge in [-0.25, -0.2) is 28.7 Å². The second-order valence-corrected chi connectivity index (χ2v) is 10.1. The van der Waals surface area contributed by atoms with Crippen LogP contribution in [0.4, 0.5) is 20.5 Å². The fourth-order valence-electron chi connectivity index (χ4n) is 4.90. The molecule has 0 saturated carbocycles. The second kappa shape index (κ2) is 9.18. The number of hydrogen-bond acceptors (Lipinski definition) is 7. The van der Waals surface area contributed by atoms with Gasteiger partial charge in [0.05, 0.1) is 11.7 Å². The van der Waals surface area contributed by atoms with Gasteiger partial charge in [0.15, 0.2) is 11.6 Å². The van der Waals surface area contributed by atoms with Crippen LogP contribution in [0.15, 0.2) is 30.5 Å². The summed E-state index contributed by atoms with van der Waals surface area (Å²) in [5.41, 5.74) is 8.67. The molecule has 5 rings (SSSR count). The molecule has 0 unspecified atom stereocenters. The zero-order valence-electron chi connectivity index (χ0n) is 20.9. The number of halogens is 2. The lowest BCUT2D eigenvalue weighted by Gasteiger charge is -2.27. The van der Waals surface area contributed by atoms with E-state index in [4.69, 9.17) is 10.7 Å². The third kappa shape index (κ3) is 4.54. The van der Waals surface area contributed by atoms with Gasteiger partial charge in [0.25, 0.3) is 0 Å². The van der Waals surface area contributed by atoms with Crippen molar-refractivity contribution < 1.29 is 8.78 Å². The van der Waals surface area contributed by atoms with Crippen LogP contribution >= 0.6 is 0 Å². The van der Waals surface area contributed by atoms with Crippen molar-refractivity contribution in [3.8, 4) is 11.3 Å². The van der Waals surface area contributed by atoms with Crippen molar-refractivity contribution in [2.24, 2.45) is 5.73 Å². The van der Waals surface area contributed by atoms with E-state index >= 15 is 4.39 Å². The largest absolute Gasteiger partial charge is 0.329 e. The maximum atomic E-state index is 15.1. The summed E-state index contributed by atoms with van der Waals surface area (Å²) in [5, 5.41) is 3.07. The molecule has 0 amide bonds.